The van der Waals surface area contributed by atoms with Gasteiger partial charge in [-0.25, -0.2) is 5.90 Å². The summed E-state index contributed by atoms with van der Waals surface area (Å²) in [5.74, 6) is 5.13. The highest BCUT2D eigenvalue weighted by atomic mass is 16.6. The molecule has 0 aliphatic rings. The number of hydrogen-bond acceptors (Lipinski definition) is 3. The van der Waals surface area contributed by atoms with Crippen molar-refractivity contribution >= 4 is 10.9 Å². The molecule has 2 rings (SSSR count). The first kappa shape index (κ1) is 9.12. The third-order valence-electron chi connectivity index (χ3n) is 2.30. The van der Waals surface area contributed by atoms with E-state index in [1.165, 1.54) is 0 Å². The maximum Gasteiger partial charge on any atom is 0.101 e. The molecule has 1 atom stereocenters. The first-order valence-electron chi connectivity index (χ1n) is 4.51. The molecule has 0 saturated carbocycles. The van der Waals surface area contributed by atoms with Crippen LogP contribution in [-0.2, 0) is 4.84 Å². The van der Waals surface area contributed by atoms with Crippen molar-refractivity contribution in [2.75, 3.05) is 0 Å². The van der Waals surface area contributed by atoms with Gasteiger partial charge in [-0.15, -0.1) is 0 Å². The standard InChI is InChI=1S/C11H12N2O/c1-8(14-12)9-4-5-11-10(7-9)3-2-6-13-11/h2-8H,12H2,1H3. The molecule has 1 aromatic carbocycles. The summed E-state index contributed by atoms with van der Waals surface area (Å²) in [6.45, 7) is 1.91. The molecule has 1 unspecified atom stereocenters. The highest BCUT2D eigenvalue weighted by molar-refractivity contribution is 5.78. The molecule has 0 spiro atoms. The Hall–Kier alpha value is -1.45. The summed E-state index contributed by atoms with van der Waals surface area (Å²) < 4.78 is 0. The van der Waals surface area contributed by atoms with Crippen molar-refractivity contribution in [1.29, 1.82) is 0 Å². The number of nitrogens with two attached hydrogens (primary N) is 1. The molecule has 0 aliphatic heterocycles. The molecule has 0 radical (unpaired) electrons. The normalized spacial score (nSPS) is 13.0. The van der Waals surface area contributed by atoms with Crippen LogP contribution in [0.1, 0.15) is 18.6 Å². The number of rotatable bonds is 2. The van der Waals surface area contributed by atoms with Gasteiger partial charge in [0.15, 0.2) is 0 Å². The largest absolute Gasteiger partial charge is 0.297 e. The van der Waals surface area contributed by atoms with Crippen LogP contribution < -0.4 is 5.90 Å². The van der Waals surface area contributed by atoms with Crippen molar-refractivity contribution in [2.45, 2.75) is 13.0 Å². The fourth-order valence-corrected chi connectivity index (χ4v) is 1.43. The van der Waals surface area contributed by atoms with Crippen molar-refractivity contribution in [3.63, 3.8) is 0 Å². The van der Waals surface area contributed by atoms with E-state index >= 15 is 0 Å². The van der Waals surface area contributed by atoms with Crippen LogP contribution in [0.3, 0.4) is 0 Å². The molecular weight excluding hydrogens is 176 g/mol. The molecule has 0 fully saturated rings. The maximum atomic E-state index is 5.13. The zero-order valence-electron chi connectivity index (χ0n) is 7.97. The van der Waals surface area contributed by atoms with Crippen LogP contribution >= 0.6 is 0 Å². The van der Waals surface area contributed by atoms with Gasteiger partial charge in [-0.05, 0) is 30.7 Å². The van der Waals surface area contributed by atoms with E-state index in [0.29, 0.717) is 0 Å². The molecular formula is C11H12N2O. The van der Waals surface area contributed by atoms with Gasteiger partial charge in [-0.1, -0.05) is 12.1 Å². The minimum absolute atomic E-state index is 0.0837. The van der Waals surface area contributed by atoms with Crippen LogP contribution in [0.5, 0.6) is 0 Å². The van der Waals surface area contributed by atoms with Crippen LogP contribution in [0.4, 0.5) is 0 Å². The summed E-state index contributed by atoms with van der Waals surface area (Å²) in [5, 5.41) is 1.11. The van der Waals surface area contributed by atoms with Gasteiger partial charge in [-0.3, -0.25) is 9.82 Å². The molecule has 1 heterocycles. The Bertz CT molecular complexity index is 442. The molecule has 0 bridgehead atoms. The molecule has 2 aromatic rings. The fourth-order valence-electron chi connectivity index (χ4n) is 1.43. The molecule has 2 N–H and O–H groups in total. The number of aromatic nitrogens is 1. The number of fused-ring (bicyclic) bond motifs is 1. The zero-order valence-corrected chi connectivity index (χ0v) is 7.97. The molecule has 0 saturated heterocycles. The van der Waals surface area contributed by atoms with Crippen molar-refractivity contribution in [2.24, 2.45) is 5.90 Å². The Kier molecular flexibility index (Phi) is 2.43. The monoisotopic (exact) mass is 188 g/mol. The summed E-state index contributed by atoms with van der Waals surface area (Å²) in [6.07, 6.45) is 1.70. The van der Waals surface area contributed by atoms with Gasteiger partial charge >= 0.3 is 0 Å². The van der Waals surface area contributed by atoms with E-state index in [1.54, 1.807) is 6.20 Å². The lowest BCUT2D eigenvalue weighted by Crippen LogP contribution is -2.05. The van der Waals surface area contributed by atoms with E-state index < -0.39 is 0 Å². The summed E-state index contributed by atoms with van der Waals surface area (Å²) in [5.41, 5.74) is 2.05. The zero-order chi connectivity index (χ0) is 9.97. The average molecular weight is 188 g/mol. The average Bonchev–Trinajstić information content (AvgIpc) is 2.27. The predicted molar refractivity (Wildman–Crippen MR) is 55.4 cm³/mol. The summed E-state index contributed by atoms with van der Waals surface area (Å²) >= 11 is 0. The van der Waals surface area contributed by atoms with Crippen LogP contribution in [0, 0.1) is 0 Å². The Labute approximate surface area is 82.5 Å². The van der Waals surface area contributed by atoms with Crippen LogP contribution in [0.2, 0.25) is 0 Å². The number of nitrogens with zero attached hydrogens (tertiary/aromatic N) is 1. The quantitative estimate of drug-likeness (QED) is 0.735. The lowest BCUT2D eigenvalue weighted by molar-refractivity contribution is 0.0665. The van der Waals surface area contributed by atoms with Crippen LogP contribution in [0.15, 0.2) is 36.5 Å². The Morgan fingerprint density at radius 3 is 3.00 bits per heavy atom. The van der Waals surface area contributed by atoms with Gasteiger partial charge in [0.25, 0.3) is 0 Å². The summed E-state index contributed by atoms with van der Waals surface area (Å²) in [7, 11) is 0. The van der Waals surface area contributed by atoms with Gasteiger partial charge < -0.3 is 0 Å². The minimum atomic E-state index is -0.0837. The van der Waals surface area contributed by atoms with Crippen LogP contribution in [-0.4, -0.2) is 4.98 Å². The molecule has 1 aromatic heterocycles. The van der Waals surface area contributed by atoms with Crippen molar-refractivity contribution in [3.8, 4) is 0 Å². The molecule has 14 heavy (non-hydrogen) atoms. The van der Waals surface area contributed by atoms with E-state index in [2.05, 4.69) is 4.98 Å². The number of pyridine rings is 1. The summed E-state index contributed by atoms with van der Waals surface area (Å²) in [4.78, 5) is 9.00. The molecule has 3 nitrogen and oxygen atoms in total. The predicted octanol–water partition coefficient (Wildman–Crippen LogP) is 2.19. The van der Waals surface area contributed by atoms with E-state index in [4.69, 9.17) is 10.7 Å². The van der Waals surface area contributed by atoms with E-state index in [0.717, 1.165) is 16.5 Å². The van der Waals surface area contributed by atoms with Crippen molar-refractivity contribution in [3.05, 3.63) is 42.1 Å². The lowest BCUT2D eigenvalue weighted by atomic mass is 10.1. The van der Waals surface area contributed by atoms with Crippen LogP contribution in [0.25, 0.3) is 10.9 Å². The van der Waals surface area contributed by atoms with E-state index in [-0.39, 0.29) is 6.10 Å². The third kappa shape index (κ3) is 1.60. The van der Waals surface area contributed by atoms with Gasteiger partial charge in [0.2, 0.25) is 0 Å². The molecule has 3 heteroatoms. The van der Waals surface area contributed by atoms with Crippen molar-refractivity contribution < 1.29 is 4.84 Å². The van der Waals surface area contributed by atoms with Crippen molar-refractivity contribution in [1.82, 2.24) is 4.98 Å². The molecule has 0 amide bonds. The highest BCUT2D eigenvalue weighted by Gasteiger charge is 2.04. The lowest BCUT2D eigenvalue weighted by Gasteiger charge is -2.09. The topological polar surface area (TPSA) is 48.1 Å². The van der Waals surface area contributed by atoms with Gasteiger partial charge in [0.05, 0.1) is 5.52 Å². The van der Waals surface area contributed by atoms with E-state index in [1.807, 2.05) is 37.3 Å². The Morgan fingerprint density at radius 1 is 1.36 bits per heavy atom. The van der Waals surface area contributed by atoms with Gasteiger partial charge in [-0.2, -0.15) is 0 Å². The van der Waals surface area contributed by atoms with Gasteiger partial charge in [0.1, 0.15) is 6.10 Å². The first-order chi connectivity index (χ1) is 6.81. The van der Waals surface area contributed by atoms with E-state index in [9.17, 15) is 0 Å². The SMILES string of the molecule is CC(ON)c1ccc2ncccc2c1. The molecule has 0 aliphatic carbocycles. The first-order valence-corrected chi connectivity index (χ1v) is 4.51. The minimum Gasteiger partial charge on any atom is -0.297 e. The Morgan fingerprint density at radius 2 is 2.21 bits per heavy atom. The second-order valence-electron chi connectivity index (χ2n) is 3.23. The molecule has 72 valence electrons. The summed E-state index contributed by atoms with van der Waals surface area (Å²) in [6, 6.07) is 9.93. The van der Waals surface area contributed by atoms with Gasteiger partial charge in [0, 0.05) is 11.6 Å². The maximum absolute atomic E-state index is 5.13. The third-order valence-corrected chi connectivity index (χ3v) is 2.30. The smallest absolute Gasteiger partial charge is 0.101 e. The second-order valence-corrected chi connectivity index (χ2v) is 3.23. The Balaban J connectivity index is 2.51. The number of hydrogen-bond donors (Lipinski definition) is 1. The number of benzene rings is 1. The highest BCUT2D eigenvalue weighted by Crippen LogP contribution is 2.19. The fraction of sp³-hybridized carbons (Fsp3) is 0.182. The second kappa shape index (κ2) is 3.74.